The molecule has 0 saturated heterocycles. The Hall–Kier alpha value is -3.65. The summed E-state index contributed by atoms with van der Waals surface area (Å²) >= 11 is 6.13. The minimum atomic E-state index is -0.417. The fourth-order valence-corrected chi connectivity index (χ4v) is 3.39. The summed E-state index contributed by atoms with van der Waals surface area (Å²) in [5.74, 6) is 0.362. The highest BCUT2D eigenvalue weighted by Gasteiger charge is 2.13. The van der Waals surface area contributed by atoms with Gasteiger partial charge in [-0.3, -0.25) is 20.4 Å². The second kappa shape index (κ2) is 9.01. The molecule has 0 saturated carbocycles. The molecule has 0 unspecified atom stereocenters. The number of amides is 1. The van der Waals surface area contributed by atoms with Gasteiger partial charge in [0.15, 0.2) is 5.76 Å². The van der Waals surface area contributed by atoms with E-state index >= 15 is 0 Å². The number of halogens is 1. The Balaban J connectivity index is 1.54. The standard InChI is InChI=1S/C22H21ClN6O2/c1-13-10-14(2)27-22(26-13)29-21(28-20(30)19-4-3-9-31-19)24-8-7-15-12-25-18-6-5-16(23)11-17(15)18/h3-6,9-12,25H,7-8H2,1-2H3,(H2,24,26,27,28,29,30). The summed E-state index contributed by atoms with van der Waals surface area (Å²) < 4.78 is 5.16. The second-order valence-electron chi connectivity index (χ2n) is 7.01. The number of nitrogens with one attached hydrogen (secondary N) is 3. The molecular weight excluding hydrogens is 416 g/mol. The van der Waals surface area contributed by atoms with Crippen molar-refractivity contribution in [3.05, 3.63) is 76.6 Å². The van der Waals surface area contributed by atoms with Gasteiger partial charge in [-0.1, -0.05) is 11.6 Å². The van der Waals surface area contributed by atoms with Gasteiger partial charge in [-0.15, -0.1) is 0 Å². The van der Waals surface area contributed by atoms with Crippen molar-refractivity contribution in [2.45, 2.75) is 20.3 Å². The first-order valence-electron chi connectivity index (χ1n) is 9.72. The smallest absolute Gasteiger partial charge is 0.293 e. The maximum atomic E-state index is 12.5. The van der Waals surface area contributed by atoms with E-state index in [0.717, 1.165) is 27.9 Å². The van der Waals surface area contributed by atoms with Crippen molar-refractivity contribution >= 4 is 40.3 Å². The third-order valence-electron chi connectivity index (χ3n) is 4.57. The van der Waals surface area contributed by atoms with E-state index in [9.17, 15) is 4.79 Å². The van der Waals surface area contributed by atoms with E-state index in [1.165, 1.54) is 6.26 Å². The lowest BCUT2D eigenvalue weighted by Gasteiger charge is -2.11. The summed E-state index contributed by atoms with van der Waals surface area (Å²) in [5, 5.41) is 7.46. The third-order valence-corrected chi connectivity index (χ3v) is 4.81. The number of aromatic nitrogens is 3. The van der Waals surface area contributed by atoms with Gasteiger partial charge in [-0.05, 0) is 62.2 Å². The molecule has 0 aliphatic rings. The molecule has 3 N–H and O–H groups in total. The SMILES string of the molecule is Cc1cc(C)nc(NC(=NCCc2c[nH]c3ccc(Cl)cc23)NC(=O)c2ccco2)n1. The van der Waals surface area contributed by atoms with Crippen molar-refractivity contribution in [2.75, 3.05) is 11.9 Å². The lowest BCUT2D eigenvalue weighted by atomic mass is 10.1. The van der Waals surface area contributed by atoms with Gasteiger partial charge in [0.1, 0.15) is 0 Å². The monoisotopic (exact) mass is 436 g/mol. The van der Waals surface area contributed by atoms with E-state index in [1.54, 1.807) is 12.1 Å². The number of aryl methyl sites for hydroxylation is 2. The van der Waals surface area contributed by atoms with Crippen LogP contribution in [0.3, 0.4) is 0 Å². The van der Waals surface area contributed by atoms with E-state index < -0.39 is 5.91 Å². The predicted molar refractivity (Wildman–Crippen MR) is 121 cm³/mol. The molecule has 3 aromatic heterocycles. The number of fused-ring (bicyclic) bond motifs is 1. The van der Waals surface area contributed by atoms with Crippen molar-refractivity contribution in [2.24, 2.45) is 4.99 Å². The van der Waals surface area contributed by atoms with E-state index in [-0.39, 0.29) is 11.7 Å². The number of aliphatic imine (C=N–C) groups is 1. The van der Waals surface area contributed by atoms with Crippen molar-refractivity contribution in [3.8, 4) is 0 Å². The van der Waals surface area contributed by atoms with Crippen LogP contribution < -0.4 is 10.6 Å². The number of benzene rings is 1. The molecular formula is C22H21ClN6O2. The zero-order valence-electron chi connectivity index (χ0n) is 17.1. The van der Waals surface area contributed by atoms with E-state index in [1.807, 2.05) is 44.3 Å². The normalized spacial score (nSPS) is 11.6. The Labute approximate surface area is 183 Å². The Morgan fingerprint density at radius 1 is 1.19 bits per heavy atom. The van der Waals surface area contributed by atoms with Crippen molar-refractivity contribution < 1.29 is 9.21 Å². The fraction of sp³-hybridized carbons (Fsp3) is 0.182. The lowest BCUT2D eigenvalue weighted by Crippen LogP contribution is -2.36. The summed E-state index contributed by atoms with van der Waals surface area (Å²) in [7, 11) is 0. The summed E-state index contributed by atoms with van der Waals surface area (Å²) in [6, 6.07) is 10.8. The number of hydrogen-bond acceptors (Lipinski definition) is 5. The van der Waals surface area contributed by atoms with Crippen LogP contribution in [0.2, 0.25) is 5.02 Å². The number of nitrogens with zero attached hydrogens (tertiary/aromatic N) is 3. The van der Waals surface area contributed by atoms with Gasteiger partial charge in [0.25, 0.3) is 5.91 Å². The average molecular weight is 437 g/mol. The van der Waals surface area contributed by atoms with Gasteiger partial charge in [-0.2, -0.15) is 0 Å². The molecule has 158 valence electrons. The number of aromatic amines is 1. The zero-order chi connectivity index (χ0) is 21.8. The van der Waals surface area contributed by atoms with Crippen molar-refractivity contribution in [1.82, 2.24) is 20.3 Å². The number of rotatable bonds is 5. The van der Waals surface area contributed by atoms with Gasteiger partial charge in [0.05, 0.1) is 6.26 Å². The van der Waals surface area contributed by atoms with Gasteiger partial charge < -0.3 is 9.40 Å². The average Bonchev–Trinajstić information content (AvgIpc) is 3.37. The second-order valence-corrected chi connectivity index (χ2v) is 7.45. The van der Waals surface area contributed by atoms with Crippen LogP contribution in [0.5, 0.6) is 0 Å². The molecule has 1 amide bonds. The molecule has 3 heterocycles. The predicted octanol–water partition coefficient (Wildman–Crippen LogP) is 4.26. The highest BCUT2D eigenvalue weighted by molar-refractivity contribution is 6.31. The van der Waals surface area contributed by atoms with Crippen LogP contribution >= 0.6 is 11.6 Å². The quantitative estimate of drug-likeness (QED) is 0.320. The maximum Gasteiger partial charge on any atom is 0.293 e. The van der Waals surface area contributed by atoms with Crippen LogP contribution in [0.15, 0.2) is 58.3 Å². The summed E-state index contributed by atoms with van der Waals surface area (Å²) in [6.07, 6.45) is 4.03. The van der Waals surface area contributed by atoms with Gasteiger partial charge in [0.2, 0.25) is 11.9 Å². The number of anilines is 1. The number of H-pyrrole nitrogens is 1. The summed E-state index contributed by atoms with van der Waals surface area (Å²) in [6.45, 7) is 4.17. The maximum absolute atomic E-state index is 12.5. The van der Waals surface area contributed by atoms with Crippen LogP contribution in [0.1, 0.15) is 27.5 Å². The van der Waals surface area contributed by atoms with E-state index in [2.05, 4.69) is 30.6 Å². The number of furan rings is 1. The summed E-state index contributed by atoms with van der Waals surface area (Å²) in [4.78, 5) is 28.9. The number of carbonyl (C=O) groups excluding carboxylic acids is 1. The molecule has 0 aliphatic carbocycles. The Morgan fingerprint density at radius 3 is 2.74 bits per heavy atom. The topological polar surface area (TPSA) is 108 Å². The highest BCUT2D eigenvalue weighted by atomic mass is 35.5. The third kappa shape index (κ3) is 5.10. The molecule has 0 spiro atoms. The lowest BCUT2D eigenvalue weighted by molar-refractivity contribution is 0.0950. The largest absolute Gasteiger partial charge is 0.459 e. The molecule has 4 aromatic rings. The van der Waals surface area contributed by atoms with E-state index in [4.69, 9.17) is 16.0 Å². The Morgan fingerprint density at radius 2 is 2.00 bits per heavy atom. The molecule has 31 heavy (non-hydrogen) atoms. The minimum absolute atomic E-state index is 0.183. The molecule has 9 heteroatoms. The van der Waals surface area contributed by atoms with Gasteiger partial charge >= 0.3 is 0 Å². The first-order chi connectivity index (χ1) is 15.0. The minimum Gasteiger partial charge on any atom is -0.459 e. The first kappa shape index (κ1) is 20.6. The molecule has 1 aromatic carbocycles. The molecule has 0 bridgehead atoms. The number of carbonyl (C=O) groups is 1. The zero-order valence-corrected chi connectivity index (χ0v) is 17.8. The number of hydrogen-bond donors (Lipinski definition) is 3. The van der Waals surface area contributed by atoms with Crippen LogP contribution in [0.4, 0.5) is 5.95 Å². The highest BCUT2D eigenvalue weighted by Crippen LogP contribution is 2.22. The van der Waals surface area contributed by atoms with Crippen LogP contribution in [0, 0.1) is 13.8 Å². The fourth-order valence-electron chi connectivity index (χ4n) is 3.22. The summed E-state index contributed by atoms with van der Waals surface area (Å²) in [5.41, 5.74) is 3.71. The molecule has 8 nitrogen and oxygen atoms in total. The van der Waals surface area contributed by atoms with Crippen molar-refractivity contribution in [3.63, 3.8) is 0 Å². The molecule has 4 rings (SSSR count). The number of guanidine groups is 1. The molecule has 0 fully saturated rings. The first-order valence-corrected chi connectivity index (χ1v) is 10.1. The molecule has 0 aliphatic heterocycles. The van der Waals surface area contributed by atoms with Gasteiger partial charge in [0, 0.05) is 40.1 Å². The van der Waals surface area contributed by atoms with Gasteiger partial charge in [-0.25, -0.2) is 9.97 Å². The van der Waals surface area contributed by atoms with Crippen LogP contribution in [0.25, 0.3) is 10.9 Å². The van der Waals surface area contributed by atoms with Crippen LogP contribution in [-0.4, -0.2) is 33.4 Å². The van der Waals surface area contributed by atoms with Crippen LogP contribution in [-0.2, 0) is 6.42 Å². The molecule has 0 atom stereocenters. The Bertz CT molecular complexity index is 1230. The Kier molecular flexibility index (Phi) is 5.99. The van der Waals surface area contributed by atoms with E-state index in [0.29, 0.717) is 23.9 Å². The van der Waals surface area contributed by atoms with Crippen molar-refractivity contribution in [1.29, 1.82) is 0 Å². The molecule has 0 radical (unpaired) electrons.